The van der Waals surface area contributed by atoms with Crippen molar-refractivity contribution in [2.45, 2.75) is 32.6 Å². The standard InChI is InChI=1S/C16H19BrN2O/c1-10(11-6-8-12(17)9-7-11)18-19-16(20)15-13-4-2-3-5-14(13)15/h6-9,13-15H,2-5H2,1H3,(H,19,20)/b18-10+. The van der Waals surface area contributed by atoms with E-state index in [9.17, 15) is 4.79 Å². The summed E-state index contributed by atoms with van der Waals surface area (Å²) in [7, 11) is 0. The van der Waals surface area contributed by atoms with E-state index in [2.05, 4.69) is 26.5 Å². The Balaban J connectivity index is 1.59. The monoisotopic (exact) mass is 334 g/mol. The molecule has 3 rings (SSSR count). The molecule has 0 aromatic heterocycles. The van der Waals surface area contributed by atoms with E-state index in [4.69, 9.17) is 0 Å². The second-order valence-electron chi connectivity index (χ2n) is 5.82. The average Bonchev–Trinajstić information content (AvgIpc) is 3.19. The summed E-state index contributed by atoms with van der Waals surface area (Å²) in [5.74, 6) is 1.59. The van der Waals surface area contributed by atoms with Crippen LogP contribution in [0.5, 0.6) is 0 Å². The number of amides is 1. The van der Waals surface area contributed by atoms with E-state index in [0.717, 1.165) is 15.7 Å². The molecule has 0 heterocycles. The van der Waals surface area contributed by atoms with Crippen LogP contribution in [0.2, 0.25) is 0 Å². The fourth-order valence-electron chi connectivity index (χ4n) is 3.35. The summed E-state index contributed by atoms with van der Waals surface area (Å²) in [6.07, 6.45) is 5.01. The Morgan fingerprint density at radius 2 is 1.80 bits per heavy atom. The SMILES string of the molecule is C/C(=N\NC(=O)C1C2CCCCC21)c1ccc(Br)cc1. The molecule has 0 aliphatic heterocycles. The first kappa shape index (κ1) is 13.8. The number of hydrazone groups is 1. The first-order valence-corrected chi connectivity index (χ1v) is 8.06. The normalized spacial score (nSPS) is 28.7. The summed E-state index contributed by atoms with van der Waals surface area (Å²) in [5, 5.41) is 4.24. The molecule has 0 saturated heterocycles. The van der Waals surface area contributed by atoms with Gasteiger partial charge in [-0.3, -0.25) is 4.79 Å². The van der Waals surface area contributed by atoms with Crippen molar-refractivity contribution < 1.29 is 4.79 Å². The lowest BCUT2D eigenvalue weighted by atomic mass is 10.0. The highest BCUT2D eigenvalue weighted by Gasteiger charge is 2.54. The third kappa shape index (κ3) is 2.80. The summed E-state index contributed by atoms with van der Waals surface area (Å²) in [6.45, 7) is 1.92. The molecule has 1 N–H and O–H groups in total. The van der Waals surface area contributed by atoms with Gasteiger partial charge in [-0.25, -0.2) is 5.43 Å². The number of hydrogen-bond acceptors (Lipinski definition) is 2. The van der Waals surface area contributed by atoms with Crippen molar-refractivity contribution in [3.63, 3.8) is 0 Å². The molecule has 2 saturated carbocycles. The van der Waals surface area contributed by atoms with Crippen molar-refractivity contribution in [1.82, 2.24) is 5.43 Å². The summed E-state index contributed by atoms with van der Waals surface area (Å²) in [5.41, 5.74) is 4.62. The van der Waals surface area contributed by atoms with Gasteiger partial charge in [0.2, 0.25) is 5.91 Å². The van der Waals surface area contributed by atoms with Gasteiger partial charge in [-0.15, -0.1) is 0 Å². The lowest BCUT2D eigenvalue weighted by Crippen LogP contribution is -2.22. The number of nitrogens with zero attached hydrogens (tertiary/aromatic N) is 1. The average molecular weight is 335 g/mol. The lowest BCUT2D eigenvalue weighted by Gasteiger charge is -2.04. The van der Waals surface area contributed by atoms with Crippen molar-refractivity contribution in [3.8, 4) is 0 Å². The van der Waals surface area contributed by atoms with Crippen LogP contribution in [0.3, 0.4) is 0 Å². The first-order chi connectivity index (χ1) is 9.66. The minimum Gasteiger partial charge on any atom is -0.273 e. The van der Waals surface area contributed by atoms with Crippen LogP contribution in [-0.2, 0) is 4.79 Å². The van der Waals surface area contributed by atoms with Gasteiger partial charge in [-0.1, -0.05) is 40.9 Å². The molecule has 106 valence electrons. The smallest absolute Gasteiger partial charge is 0.243 e. The molecule has 0 radical (unpaired) electrons. The van der Waals surface area contributed by atoms with Crippen LogP contribution in [0.1, 0.15) is 38.2 Å². The highest BCUT2D eigenvalue weighted by Crippen LogP contribution is 2.55. The minimum absolute atomic E-state index is 0.110. The second kappa shape index (κ2) is 5.68. The number of halogens is 1. The zero-order chi connectivity index (χ0) is 14.1. The third-order valence-corrected chi connectivity index (χ3v) is 5.08. The van der Waals surface area contributed by atoms with E-state index < -0.39 is 0 Å². The van der Waals surface area contributed by atoms with Gasteiger partial charge in [0.1, 0.15) is 0 Å². The summed E-state index contributed by atoms with van der Waals surface area (Å²) >= 11 is 3.41. The van der Waals surface area contributed by atoms with Crippen molar-refractivity contribution in [2.75, 3.05) is 0 Å². The number of rotatable bonds is 3. The third-order valence-electron chi connectivity index (χ3n) is 4.56. The van der Waals surface area contributed by atoms with Crippen LogP contribution in [0.25, 0.3) is 0 Å². The molecule has 1 amide bonds. The zero-order valence-corrected chi connectivity index (χ0v) is 13.2. The summed E-state index contributed by atoms with van der Waals surface area (Å²) in [4.78, 5) is 12.1. The number of fused-ring (bicyclic) bond motifs is 1. The highest BCUT2D eigenvalue weighted by atomic mass is 79.9. The van der Waals surface area contributed by atoms with Gasteiger partial charge in [0, 0.05) is 10.4 Å². The molecule has 2 aliphatic carbocycles. The van der Waals surface area contributed by atoms with Gasteiger partial charge < -0.3 is 0 Å². The largest absolute Gasteiger partial charge is 0.273 e. The van der Waals surface area contributed by atoms with E-state index >= 15 is 0 Å². The van der Waals surface area contributed by atoms with Gasteiger partial charge in [0.15, 0.2) is 0 Å². The molecule has 2 unspecified atom stereocenters. The van der Waals surface area contributed by atoms with Crippen molar-refractivity contribution in [2.24, 2.45) is 22.9 Å². The molecule has 20 heavy (non-hydrogen) atoms. The number of nitrogens with one attached hydrogen (secondary N) is 1. The minimum atomic E-state index is 0.110. The van der Waals surface area contributed by atoms with Crippen LogP contribution < -0.4 is 5.43 Å². The van der Waals surface area contributed by atoms with Crippen molar-refractivity contribution in [3.05, 3.63) is 34.3 Å². The Bertz CT molecular complexity index is 526. The number of benzene rings is 1. The Morgan fingerprint density at radius 3 is 2.40 bits per heavy atom. The van der Waals surface area contributed by atoms with Crippen LogP contribution in [0.15, 0.2) is 33.8 Å². The Hall–Kier alpha value is -1.16. The van der Waals surface area contributed by atoms with E-state index in [0.29, 0.717) is 11.8 Å². The van der Waals surface area contributed by atoms with Gasteiger partial charge in [0.25, 0.3) is 0 Å². The number of carbonyl (C=O) groups excluding carboxylic acids is 1. The fourth-order valence-corrected chi connectivity index (χ4v) is 3.61. The Kier molecular flexibility index (Phi) is 3.92. The predicted molar refractivity (Wildman–Crippen MR) is 83.4 cm³/mol. The quantitative estimate of drug-likeness (QED) is 0.664. The molecule has 2 fully saturated rings. The molecular weight excluding hydrogens is 316 g/mol. The van der Waals surface area contributed by atoms with Crippen molar-refractivity contribution in [1.29, 1.82) is 0 Å². The molecule has 0 spiro atoms. The number of carbonyl (C=O) groups is 1. The topological polar surface area (TPSA) is 41.5 Å². The summed E-state index contributed by atoms with van der Waals surface area (Å²) in [6, 6.07) is 7.94. The maximum absolute atomic E-state index is 12.1. The molecule has 2 atom stereocenters. The highest BCUT2D eigenvalue weighted by molar-refractivity contribution is 9.10. The number of hydrogen-bond donors (Lipinski definition) is 1. The summed E-state index contributed by atoms with van der Waals surface area (Å²) < 4.78 is 1.04. The van der Waals surface area contributed by atoms with Crippen LogP contribution >= 0.6 is 15.9 Å². The second-order valence-corrected chi connectivity index (χ2v) is 6.73. The van der Waals surface area contributed by atoms with Crippen LogP contribution in [-0.4, -0.2) is 11.6 Å². The molecule has 4 heteroatoms. The van der Waals surface area contributed by atoms with Gasteiger partial charge >= 0.3 is 0 Å². The lowest BCUT2D eigenvalue weighted by molar-refractivity contribution is -0.122. The molecule has 3 nitrogen and oxygen atoms in total. The molecule has 2 aliphatic rings. The van der Waals surface area contributed by atoms with Gasteiger partial charge in [0.05, 0.1) is 5.71 Å². The molecule has 0 bridgehead atoms. The maximum atomic E-state index is 12.1. The Labute approximate surface area is 128 Å². The predicted octanol–water partition coefficient (Wildman–Crippen LogP) is 3.73. The maximum Gasteiger partial charge on any atom is 0.243 e. The van der Waals surface area contributed by atoms with Crippen LogP contribution in [0.4, 0.5) is 0 Å². The van der Waals surface area contributed by atoms with Crippen LogP contribution in [0, 0.1) is 17.8 Å². The van der Waals surface area contributed by atoms with Gasteiger partial charge in [-0.2, -0.15) is 5.10 Å². The van der Waals surface area contributed by atoms with E-state index in [-0.39, 0.29) is 11.8 Å². The molecule has 1 aromatic carbocycles. The Morgan fingerprint density at radius 1 is 1.20 bits per heavy atom. The fraction of sp³-hybridized carbons (Fsp3) is 0.500. The zero-order valence-electron chi connectivity index (χ0n) is 11.6. The molecule has 1 aromatic rings. The van der Waals surface area contributed by atoms with E-state index in [1.807, 2.05) is 31.2 Å². The van der Waals surface area contributed by atoms with E-state index in [1.165, 1.54) is 25.7 Å². The van der Waals surface area contributed by atoms with E-state index in [1.54, 1.807) is 0 Å². The van der Waals surface area contributed by atoms with Gasteiger partial charge in [-0.05, 0) is 49.3 Å². The molecular formula is C16H19BrN2O. The van der Waals surface area contributed by atoms with Crippen molar-refractivity contribution >= 4 is 27.5 Å². The first-order valence-electron chi connectivity index (χ1n) is 7.27.